The minimum atomic E-state index is -1.20. The summed E-state index contributed by atoms with van der Waals surface area (Å²) in [6.45, 7) is 4.33. The van der Waals surface area contributed by atoms with Gasteiger partial charge in [-0.05, 0) is 62.6 Å². The zero-order valence-corrected chi connectivity index (χ0v) is 19.1. The SMILES string of the molecule is Cc1c(Cl)cccc1N1C(=O)[C@@H]2[C@H]3CCCN3[C@@]3(C(=O)Nc4c3ccc(Cl)c4C)[C@@H]2C1=O. The van der Waals surface area contributed by atoms with Crippen LogP contribution in [0.15, 0.2) is 30.3 Å². The molecule has 0 saturated carbocycles. The van der Waals surface area contributed by atoms with E-state index in [2.05, 4.69) is 10.2 Å². The lowest BCUT2D eigenvalue weighted by Gasteiger charge is -2.36. The highest BCUT2D eigenvalue weighted by Gasteiger charge is 2.74. The number of carbonyl (C=O) groups excluding carboxylic acids is 3. The van der Waals surface area contributed by atoms with Gasteiger partial charge in [0.25, 0.3) is 0 Å². The van der Waals surface area contributed by atoms with E-state index in [-0.39, 0.29) is 23.8 Å². The van der Waals surface area contributed by atoms with Gasteiger partial charge in [-0.3, -0.25) is 19.3 Å². The zero-order valence-electron chi connectivity index (χ0n) is 17.6. The van der Waals surface area contributed by atoms with Crippen molar-refractivity contribution in [3.05, 3.63) is 57.1 Å². The molecule has 6 rings (SSSR count). The molecule has 6 nitrogen and oxygen atoms in total. The van der Waals surface area contributed by atoms with E-state index in [4.69, 9.17) is 23.2 Å². The van der Waals surface area contributed by atoms with Crippen LogP contribution >= 0.6 is 23.2 Å². The second-order valence-corrected chi connectivity index (χ2v) is 9.93. The van der Waals surface area contributed by atoms with Crippen LogP contribution in [-0.4, -0.2) is 35.2 Å². The van der Waals surface area contributed by atoms with E-state index in [1.807, 2.05) is 13.0 Å². The molecule has 3 fully saturated rings. The Morgan fingerprint density at radius 3 is 2.53 bits per heavy atom. The smallest absolute Gasteiger partial charge is 0.250 e. The summed E-state index contributed by atoms with van der Waals surface area (Å²) >= 11 is 12.6. The molecule has 0 unspecified atom stereocenters. The van der Waals surface area contributed by atoms with Crippen LogP contribution in [0, 0.1) is 25.7 Å². The number of rotatable bonds is 1. The van der Waals surface area contributed by atoms with Gasteiger partial charge in [0.15, 0.2) is 0 Å². The summed E-state index contributed by atoms with van der Waals surface area (Å²) in [5, 5.41) is 4.05. The number of hydrogen-bond donors (Lipinski definition) is 1. The van der Waals surface area contributed by atoms with Crippen molar-refractivity contribution in [3.63, 3.8) is 0 Å². The first-order valence-electron chi connectivity index (χ1n) is 10.8. The predicted octanol–water partition coefficient (Wildman–Crippen LogP) is 4.04. The third-order valence-corrected chi connectivity index (χ3v) is 8.66. The van der Waals surface area contributed by atoms with Crippen molar-refractivity contribution >= 4 is 52.3 Å². The number of nitrogens with zero attached hydrogens (tertiary/aromatic N) is 2. The molecule has 2 aromatic rings. The van der Waals surface area contributed by atoms with Crippen LogP contribution in [0.4, 0.5) is 11.4 Å². The van der Waals surface area contributed by atoms with Gasteiger partial charge in [0.05, 0.1) is 23.2 Å². The summed E-state index contributed by atoms with van der Waals surface area (Å²) in [6.07, 6.45) is 1.65. The molecule has 0 aromatic heterocycles. The van der Waals surface area contributed by atoms with Crippen LogP contribution in [0.1, 0.15) is 29.5 Å². The highest BCUT2D eigenvalue weighted by molar-refractivity contribution is 6.33. The van der Waals surface area contributed by atoms with E-state index in [9.17, 15) is 14.4 Å². The third kappa shape index (κ3) is 2.18. The first kappa shape index (κ1) is 20.2. The van der Waals surface area contributed by atoms with E-state index in [0.29, 0.717) is 33.5 Å². The molecule has 1 N–H and O–H groups in total. The van der Waals surface area contributed by atoms with Crippen molar-refractivity contribution in [2.75, 3.05) is 16.8 Å². The van der Waals surface area contributed by atoms with Crippen molar-refractivity contribution in [2.24, 2.45) is 11.8 Å². The molecule has 4 atom stereocenters. The molecule has 32 heavy (non-hydrogen) atoms. The van der Waals surface area contributed by atoms with Gasteiger partial charge >= 0.3 is 0 Å². The van der Waals surface area contributed by atoms with Gasteiger partial charge in [-0.15, -0.1) is 0 Å². The summed E-state index contributed by atoms with van der Waals surface area (Å²) in [4.78, 5) is 44.8. The first-order chi connectivity index (χ1) is 15.3. The number of benzene rings is 2. The van der Waals surface area contributed by atoms with Gasteiger partial charge in [0, 0.05) is 21.7 Å². The van der Waals surface area contributed by atoms with Crippen molar-refractivity contribution in [1.29, 1.82) is 0 Å². The number of fused-ring (bicyclic) bond motifs is 7. The summed E-state index contributed by atoms with van der Waals surface area (Å²) in [7, 11) is 0. The molecular formula is C24H21Cl2N3O3. The summed E-state index contributed by atoms with van der Waals surface area (Å²) in [5.74, 6) is -2.19. The normalized spacial score (nSPS) is 30.8. The predicted molar refractivity (Wildman–Crippen MR) is 122 cm³/mol. The summed E-state index contributed by atoms with van der Waals surface area (Å²) in [5.41, 5.74) is 2.14. The number of carbonyl (C=O) groups is 3. The fraction of sp³-hybridized carbons (Fsp3) is 0.375. The largest absolute Gasteiger partial charge is 0.324 e. The number of nitrogens with one attached hydrogen (secondary N) is 1. The quantitative estimate of drug-likeness (QED) is 0.639. The lowest BCUT2D eigenvalue weighted by molar-refractivity contribution is -0.135. The monoisotopic (exact) mass is 469 g/mol. The minimum Gasteiger partial charge on any atom is -0.324 e. The molecule has 8 heteroatoms. The lowest BCUT2D eigenvalue weighted by Crippen LogP contribution is -2.54. The standard InChI is InChI=1S/C24H21Cl2N3O3/c1-11-14(25)5-3-6-16(11)29-21(30)18-17-7-4-10-28(17)24(19(18)22(29)31)13-8-9-15(26)12(2)20(13)27-23(24)32/h3,5-6,8-9,17-19H,4,7,10H2,1-2H3,(H,27,32)/t17-,18-,19+,24-/m1/s1. The first-order valence-corrected chi connectivity index (χ1v) is 11.6. The maximum Gasteiger partial charge on any atom is 0.250 e. The number of halogens is 2. The molecule has 1 spiro atoms. The molecule has 2 aromatic carbocycles. The maximum absolute atomic E-state index is 14.0. The average Bonchev–Trinajstić information content (AvgIpc) is 3.46. The van der Waals surface area contributed by atoms with Crippen LogP contribution in [0.25, 0.3) is 0 Å². The van der Waals surface area contributed by atoms with Crippen LogP contribution < -0.4 is 10.2 Å². The van der Waals surface area contributed by atoms with Gasteiger partial charge in [-0.25, -0.2) is 4.90 Å². The summed E-state index contributed by atoms with van der Waals surface area (Å²) < 4.78 is 0. The topological polar surface area (TPSA) is 69.7 Å². The van der Waals surface area contributed by atoms with E-state index in [0.717, 1.165) is 24.0 Å². The van der Waals surface area contributed by atoms with Crippen molar-refractivity contribution in [1.82, 2.24) is 4.90 Å². The fourth-order valence-electron chi connectivity index (χ4n) is 6.47. The van der Waals surface area contributed by atoms with Gasteiger partial charge in [0.1, 0.15) is 5.54 Å². The highest BCUT2D eigenvalue weighted by atomic mass is 35.5. The average molecular weight is 470 g/mol. The van der Waals surface area contributed by atoms with Gasteiger partial charge in [0.2, 0.25) is 17.7 Å². The lowest BCUT2D eigenvalue weighted by atomic mass is 9.75. The third-order valence-electron chi connectivity index (χ3n) is 7.84. The Bertz CT molecular complexity index is 1250. The van der Waals surface area contributed by atoms with Crippen molar-refractivity contribution < 1.29 is 14.4 Å². The second-order valence-electron chi connectivity index (χ2n) is 9.12. The Hall–Kier alpha value is -2.41. The van der Waals surface area contributed by atoms with E-state index in [1.54, 1.807) is 31.2 Å². The molecule has 3 amide bonds. The Labute approximate surface area is 195 Å². The Balaban J connectivity index is 1.58. The van der Waals surface area contributed by atoms with E-state index < -0.39 is 17.4 Å². The molecule has 0 radical (unpaired) electrons. The molecular weight excluding hydrogens is 449 g/mol. The van der Waals surface area contributed by atoms with Gasteiger partial charge in [-0.1, -0.05) is 35.3 Å². The number of hydrogen-bond acceptors (Lipinski definition) is 4. The van der Waals surface area contributed by atoms with E-state index >= 15 is 0 Å². The van der Waals surface area contributed by atoms with Gasteiger partial charge < -0.3 is 5.32 Å². The zero-order chi connectivity index (χ0) is 22.5. The van der Waals surface area contributed by atoms with Gasteiger partial charge in [-0.2, -0.15) is 0 Å². The van der Waals surface area contributed by atoms with Crippen LogP contribution in [0.5, 0.6) is 0 Å². The molecule has 4 aliphatic heterocycles. The Kier molecular flexibility index (Phi) is 4.15. The number of anilines is 2. The molecule has 0 bridgehead atoms. The fourth-order valence-corrected chi connectivity index (χ4v) is 6.79. The molecule has 3 saturated heterocycles. The second kappa shape index (κ2) is 6.56. The summed E-state index contributed by atoms with van der Waals surface area (Å²) in [6, 6.07) is 8.67. The van der Waals surface area contributed by atoms with Crippen LogP contribution in [-0.2, 0) is 19.9 Å². The Morgan fingerprint density at radius 1 is 1.00 bits per heavy atom. The molecule has 4 aliphatic rings. The maximum atomic E-state index is 14.0. The molecule has 164 valence electrons. The van der Waals surface area contributed by atoms with E-state index in [1.165, 1.54) is 4.90 Å². The number of amides is 3. The minimum absolute atomic E-state index is 0.159. The Morgan fingerprint density at radius 2 is 1.75 bits per heavy atom. The van der Waals surface area contributed by atoms with Crippen molar-refractivity contribution in [3.8, 4) is 0 Å². The molecule has 4 heterocycles. The number of imide groups is 1. The van der Waals surface area contributed by atoms with Crippen molar-refractivity contribution in [2.45, 2.75) is 38.3 Å². The van der Waals surface area contributed by atoms with Crippen LogP contribution in [0.2, 0.25) is 10.0 Å². The molecule has 0 aliphatic carbocycles. The van der Waals surface area contributed by atoms with Crippen LogP contribution in [0.3, 0.4) is 0 Å². The highest BCUT2D eigenvalue weighted by Crippen LogP contribution is 2.61.